The van der Waals surface area contributed by atoms with E-state index in [2.05, 4.69) is 32.7 Å². The first-order valence-electron chi connectivity index (χ1n) is 5.57. The average Bonchev–Trinajstić information content (AvgIpc) is 2.83. The Hall–Kier alpha value is -1.15. The lowest BCUT2D eigenvalue weighted by molar-refractivity contribution is 0.0903. The molecule has 6 heteroatoms. The van der Waals surface area contributed by atoms with Crippen LogP contribution in [0.25, 0.3) is 11.5 Å². The minimum Gasteiger partial charge on any atom is -0.398 e. The van der Waals surface area contributed by atoms with Crippen LogP contribution in [0.4, 0.5) is 5.69 Å². The Kier molecular flexibility index (Phi) is 4.18. The number of halogens is 1. The third kappa shape index (κ3) is 2.64. The largest absolute Gasteiger partial charge is 0.398 e. The first-order chi connectivity index (χ1) is 8.65. The molecule has 0 saturated carbocycles. The lowest BCUT2D eigenvalue weighted by Gasteiger charge is -2.06. The van der Waals surface area contributed by atoms with Gasteiger partial charge in [-0.25, -0.2) is 0 Å². The molecule has 1 heterocycles. The first-order valence-corrected chi connectivity index (χ1v) is 6.65. The number of benzene rings is 1. The predicted molar refractivity (Wildman–Crippen MR) is 76.9 cm³/mol. The second-order valence-electron chi connectivity index (χ2n) is 3.82. The number of nitrogens with zero attached hydrogens (tertiary/aromatic N) is 2. The molecule has 0 bridgehead atoms. The summed E-state index contributed by atoms with van der Waals surface area (Å²) in [4.78, 5) is 4.34. The van der Waals surface area contributed by atoms with E-state index < -0.39 is 0 Å². The highest BCUT2D eigenvalue weighted by atomic mass is 127. The van der Waals surface area contributed by atoms with Gasteiger partial charge in [0.15, 0.2) is 0 Å². The summed E-state index contributed by atoms with van der Waals surface area (Å²) < 4.78 is 11.6. The van der Waals surface area contributed by atoms with Gasteiger partial charge in [0, 0.05) is 16.4 Å². The van der Waals surface area contributed by atoms with Gasteiger partial charge < -0.3 is 15.0 Å². The average molecular weight is 359 g/mol. The quantitative estimate of drug-likeness (QED) is 0.671. The maximum Gasteiger partial charge on any atom is 0.260 e. The Morgan fingerprint density at radius 3 is 2.94 bits per heavy atom. The number of aromatic nitrogens is 2. The zero-order chi connectivity index (χ0) is 13.1. The molecule has 1 aromatic heterocycles. The molecule has 2 N–H and O–H groups in total. The molecule has 96 valence electrons. The third-order valence-electron chi connectivity index (χ3n) is 2.63. The van der Waals surface area contributed by atoms with Crippen molar-refractivity contribution >= 4 is 28.3 Å². The molecule has 1 unspecified atom stereocenters. The van der Waals surface area contributed by atoms with Crippen LogP contribution < -0.4 is 5.73 Å². The van der Waals surface area contributed by atoms with Crippen molar-refractivity contribution in [1.82, 2.24) is 10.1 Å². The van der Waals surface area contributed by atoms with Crippen LogP contribution in [0.5, 0.6) is 0 Å². The SMILES string of the molecule is CCC(OC)c1noc(-c2cc(I)ccc2N)n1. The molecular weight excluding hydrogens is 345 g/mol. The molecule has 0 spiro atoms. The number of anilines is 1. The van der Waals surface area contributed by atoms with Crippen molar-refractivity contribution in [3.8, 4) is 11.5 Å². The van der Waals surface area contributed by atoms with Crippen molar-refractivity contribution in [2.75, 3.05) is 12.8 Å². The number of hydrogen-bond donors (Lipinski definition) is 1. The summed E-state index contributed by atoms with van der Waals surface area (Å²) in [6.07, 6.45) is 0.642. The molecule has 0 radical (unpaired) electrons. The highest BCUT2D eigenvalue weighted by molar-refractivity contribution is 14.1. The Balaban J connectivity index is 2.37. The van der Waals surface area contributed by atoms with Crippen LogP contribution in [-0.4, -0.2) is 17.3 Å². The molecule has 1 aromatic carbocycles. The van der Waals surface area contributed by atoms with Crippen LogP contribution >= 0.6 is 22.6 Å². The number of hydrogen-bond acceptors (Lipinski definition) is 5. The Bertz CT molecular complexity index is 538. The fourth-order valence-electron chi connectivity index (χ4n) is 1.64. The van der Waals surface area contributed by atoms with E-state index >= 15 is 0 Å². The maximum atomic E-state index is 5.91. The van der Waals surface area contributed by atoms with Crippen molar-refractivity contribution in [2.45, 2.75) is 19.4 Å². The molecular formula is C12H14IN3O2. The van der Waals surface area contributed by atoms with Crippen molar-refractivity contribution in [3.63, 3.8) is 0 Å². The molecule has 0 aliphatic carbocycles. The number of nitrogens with two attached hydrogens (primary N) is 1. The Morgan fingerprint density at radius 2 is 2.28 bits per heavy atom. The number of methoxy groups -OCH3 is 1. The molecule has 0 saturated heterocycles. The second kappa shape index (κ2) is 5.66. The van der Waals surface area contributed by atoms with Crippen LogP contribution in [0.2, 0.25) is 0 Å². The zero-order valence-corrected chi connectivity index (χ0v) is 12.3. The van der Waals surface area contributed by atoms with Crippen molar-refractivity contribution in [3.05, 3.63) is 27.6 Å². The van der Waals surface area contributed by atoms with Gasteiger partial charge in [-0.05, 0) is 47.2 Å². The fourth-order valence-corrected chi connectivity index (χ4v) is 2.13. The summed E-state index contributed by atoms with van der Waals surface area (Å²) in [7, 11) is 1.63. The molecule has 1 atom stereocenters. The maximum absolute atomic E-state index is 5.91. The van der Waals surface area contributed by atoms with Gasteiger partial charge in [0.25, 0.3) is 5.89 Å². The normalized spacial score (nSPS) is 12.6. The Morgan fingerprint density at radius 1 is 1.50 bits per heavy atom. The molecule has 0 aliphatic rings. The molecule has 0 aliphatic heterocycles. The summed E-state index contributed by atoms with van der Waals surface area (Å²) >= 11 is 2.21. The Labute approximate surface area is 119 Å². The molecule has 5 nitrogen and oxygen atoms in total. The lowest BCUT2D eigenvalue weighted by Crippen LogP contribution is -2.01. The predicted octanol–water partition coefficient (Wildman–Crippen LogP) is 3.02. The van der Waals surface area contributed by atoms with E-state index in [1.54, 1.807) is 7.11 Å². The van der Waals surface area contributed by atoms with Crippen molar-refractivity contribution in [1.29, 1.82) is 0 Å². The van der Waals surface area contributed by atoms with E-state index in [-0.39, 0.29) is 6.10 Å². The van der Waals surface area contributed by atoms with Crippen LogP contribution in [0.1, 0.15) is 25.3 Å². The van der Waals surface area contributed by atoms with Gasteiger partial charge >= 0.3 is 0 Å². The van der Waals surface area contributed by atoms with E-state index in [1.807, 2.05) is 25.1 Å². The zero-order valence-electron chi connectivity index (χ0n) is 10.2. The van der Waals surface area contributed by atoms with Gasteiger partial charge in [-0.1, -0.05) is 12.1 Å². The minimum absolute atomic E-state index is 0.147. The van der Waals surface area contributed by atoms with E-state index in [0.29, 0.717) is 17.4 Å². The second-order valence-corrected chi connectivity index (χ2v) is 5.07. The topological polar surface area (TPSA) is 74.2 Å². The van der Waals surface area contributed by atoms with Crippen molar-refractivity contribution < 1.29 is 9.26 Å². The summed E-state index contributed by atoms with van der Waals surface area (Å²) in [5.74, 6) is 0.977. The van der Waals surface area contributed by atoms with Crippen LogP contribution in [0.15, 0.2) is 22.7 Å². The lowest BCUT2D eigenvalue weighted by atomic mass is 10.2. The van der Waals surface area contributed by atoms with Crippen LogP contribution in [0, 0.1) is 3.57 Å². The minimum atomic E-state index is -0.147. The highest BCUT2D eigenvalue weighted by Gasteiger charge is 2.18. The number of nitrogen functional groups attached to an aromatic ring is 1. The molecule has 18 heavy (non-hydrogen) atoms. The van der Waals surface area contributed by atoms with Gasteiger partial charge in [0.05, 0.1) is 5.56 Å². The van der Waals surface area contributed by atoms with Crippen molar-refractivity contribution in [2.24, 2.45) is 0 Å². The molecule has 2 rings (SSSR count). The molecule has 0 fully saturated rings. The highest BCUT2D eigenvalue weighted by Crippen LogP contribution is 2.28. The monoisotopic (exact) mass is 359 g/mol. The third-order valence-corrected chi connectivity index (χ3v) is 3.30. The van der Waals surface area contributed by atoms with Crippen LogP contribution in [0.3, 0.4) is 0 Å². The van der Waals surface area contributed by atoms with Gasteiger partial charge in [-0.3, -0.25) is 0 Å². The smallest absolute Gasteiger partial charge is 0.260 e. The van der Waals surface area contributed by atoms with Gasteiger partial charge in [0.2, 0.25) is 5.82 Å². The van der Waals surface area contributed by atoms with E-state index in [9.17, 15) is 0 Å². The summed E-state index contributed by atoms with van der Waals surface area (Å²) in [5.41, 5.74) is 7.29. The first kappa shape index (κ1) is 13.3. The van der Waals surface area contributed by atoms with E-state index in [4.69, 9.17) is 15.0 Å². The standard InChI is InChI=1S/C12H14IN3O2/c1-3-10(17-2)11-15-12(18-16-11)8-6-7(13)4-5-9(8)14/h4-6,10H,3,14H2,1-2H3. The van der Waals surface area contributed by atoms with Gasteiger partial charge in [0.1, 0.15) is 6.10 Å². The summed E-state index contributed by atoms with van der Waals surface area (Å²) in [6, 6.07) is 5.68. The van der Waals surface area contributed by atoms with E-state index in [1.165, 1.54) is 0 Å². The van der Waals surface area contributed by atoms with E-state index in [0.717, 1.165) is 15.6 Å². The van der Waals surface area contributed by atoms with Gasteiger partial charge in [-0.15, -0.1) is 0 Å². The fraction of sp³-hybridized carbons (Fsp3) is 0.333. The molecule has 2 aromatic rings. The van der Waals surface area contributed by atoms with Gasteiger partial charge in [-0.2, -0.15) is 4.98 Å². The summed E-state index contributed by atoms with van der Waals surface area (Å²) in [6.45, 7) is 2.00. The van der Waals surface area contributed by atoms with Crippen LogP contribution in [-0.2, 0) is 4.74 Å². The summed E-state index contributed by atoms with van der Waals surface area (Å²) in [5, 5.41) is 3.94. The molecule has 0 amide bonds. The number of ether oxygens (including phenoxy) is 1. The number of rotatable bonds is 4.